The van der Waals surface area contributed by atoms with Crippen molar-refractivity contribution in [3.63, 3.8) is 0 Å². The number of amides is 1. The van der Waals surface area contributed by atoms with E-state index in [1.165, 1.54) is 0 Å². The van der Waals surface area contributed by atoms with E-state index in [1.54, 1.807) is 57.3 Å². The molecule has 3 rings (SSSR count). The van der Waals surface area contributed by atoms with E-state index in [-0.39, 0.29) is 5.91 Å². The summed E-state index contributed by atoms with van der Waals surface area (Å²) < 4.78 is 17.3. The van der Waals surface area contributed by atoms with Crippen LogP contribution in [0.15, 0.2) is 48.5 Å². The number of benzene rings is 2. The molecule has 140 valence electrons. The van der Waals surface area contributed by atoms with Gasteiger partial charge in [-0.2, -0.15) is 5.10 Å². The van der Waals surface area contributed by atoms with Crippen LogP contribution in [0, 0.1) is 0 Å². The van der Waals surface area contributed by atoms with Gasteiger partial charge in [-0.1, -0.05) is 0 Å². The lowest BCUT2D eigenvalue weighted by Gasteiger charge is -2.10. The number of aromatic nitrogens is 2. The molecule has 1 aromatic heterocycles. The van der Waals surface area contributed by atoms with E-state index in [0.717, 1.165) is 17.0 Å². The molecule has 1 N–H and O–H groups in total. The highest BCUT2D eigenvalue weighted by Gasteiger charge is 2.16. The molecule has 0 unspecified atom stereocenters. The Morgan fingerprint density at radius 2 is 1.59 bits per heavy atom. The van der Waals surface area contributed by atoms with Gasteiger partial charge in [-0.25, -0.2) is 0 Å². The van der Waals surface area contributed by atoms with Gasteiger partial charge in [-0.05, 0) is 42.5 Å². The standard InChI is InChI=1S/C20H21N3O4/c1-23-18(13-5-7-14(25-2)8-6-13)12-17(22-23)20(24)21-16-11-15(26-3)9-10-19(16)27-4/h5-12H,1-4H3,(H,21,24). The van der Waals surface area contributed by atoms with Gasteiger partial charge in [0.25, 0.3) is 5.91 Å². The molecular formula is C20H21N3O4. The summed E-state index contributed by atoms with van der Waals surface area (Å²) >= 11 is 0. The quantitative estimate of drug-likeness (QED) is 0.723. The predicted molar refractivity (Wildman–Crippen MR) is 103 cm³/mol. The number of anilines is 1. The Balaban J connectivity index is 1.86. The minimum atomic E-state index is -0.336. The molecule has 1 heterocycles. The SMILES string of the molecule is COc1ccc(-c2cc(C(=O)Nc3cc(OC)ccc3OC)nn2C)cc1. The fourth-order valence-corrected chi connectivity index (χ4v) is 2.71. The van der Waals surface area contributed by atoms with Crippen molar-refractivity contribution in [2.24, 2.45) is 7.05 Å². The van der Waals surface area contributed by atoms with Gasteiger partial charge >= 0.3 is 0 Å². The molecular weight excluding hydrogens is 346 g/mol. The van der Waals surface area contributed by atoms with Crippen LogP contribution in [0.1, 0.15) is 10.5 Å². The number of nitrogens with zero attached hydrogens (tertiary/aromatic N) is 2. The van der Waals surface area contributed by atoms with Gasteiger partial charge in [0.15, 0.2) is 5.69 Å². The fourth-order valence-electron chi connectivity index (χ4n) is 2.71. The van der Waals surface area contributed by atoms with Gasteiger partial charge in [0, 0.05) is 18.7 Å². The van der Waals surface area contributed by atoms with Crippen LogP contribution in [-0.4, -0.2) is 37.0 Å². The fraction of sp³-hybridized carbons (Fsp3) is 0.200. The average molecular weight is 367 g/mol. The number of aryl methyl sites for hydroxylation is 1. The number of nitrogens with one attached hydrogen (secondary N) is 1. The molecule has 0 aliphatic carbocycles. The van der Waals surface area contributed by atoms with Crippen LogP contribution in [0.4, 0.5) is 5.69 Å². The molecule has 0 aliphatic rings. The number of ether oxygens (including phenoxy) is 3. The van der Waals surface area contributed by atoms with Crippen LogP contribution in [0.2, 0.25) is 0 Å². The molecule has 0 bridgehead atoms. The lowest BCUT2D eigenvalue weighted by Crippen LogP contribution is -2.13. The van der Waals surface area contributed by atoms with Crippen molar-refractivity contribution < 1.29 is 19.0 Å². The zero-order valence-electron chi connectivity index (χ0n) is 15.6. The van der Waals surface area contributed by atoms with Crippen molar-refractivity contribution in [3.05, 3.63) is 54.2 Å². The number of carbonyl (C=O) groups is 1. The summed E-state index contributed by atoms with van der Waals surface area (Å²) in [5.41, 5.74) is 2.57. The van der Waals surface area contributed by atoms with Crippen LogP contribution < -0.4 is 19.5 Å². The minimum absolute atomic E-state index is 0.299. The Labute approximate surface area is 157 Å². The Kier molecular flexibility index (Phi) is 5.30. The van der Waals surface area contributed by atoms with E-state index in [1.807, 2.05) is 24.3 Å². The first-order valence-electron chi connectivity index (χ1n) is 8.27. The summed E-state index contributed by atoms with van der Waals surface area (Å²) in [6.45, 7) is 0. The first-order chi connectivity index (χ1) is 13.0. The number of methoxy groups -OCH3 is 3. The van der Waals surface area contributed by atoms with E-state index >= 15 is 0 Å². The van der Waals surface area contributed by atoms with Crippen molar-refractivity contribution in [1.29, 1.82) is 0 Å². The maximum Gasteiger partial charge on any atom is 0.276 e. The van der Waals surface area contributed by atoms with E-state index in [0.29, 0.717) is 22.9 Å². The summed E-state index contributed by atoms with van der Waals surface area (Å²) in [4.78, 5) is 12.7. The molecule has 0 atom stereocenters. The van der Waals surface area contributed by atoms with Gasteiger partial charge in [0.05, 0.1) is 32.7 Å². The summed E-state index contributed by atoms with van der Waals surface area (Å²) in [5.74, 6) is 1.59. The Bertz CT molecular complexity index is 948. The number of hydrogen-bond acceptors (Lipinski definition) is 5. The highest BCUT2D eigenvalue weighted by Crippen LogP contribution is 2.29. The first kappa shape index (κ1) is 18.3. The smallest absolute Gasteiger partial charge is 0.276 e. The summed E-state index contributed by atoms with van der Waals surface area (Å²) in [5, 5.41) is 7.15. The zero-order chi connectivity index (χ0) is 19.4. The second-order valence-electron chi connectivity index (χ2n) is 5.79. The highest BCUT2D eigenvalue weighted by molar-refractivity contribution is 6.04. The van der Waals surface area contributed by atoms with Crippen molar-refractivity contribution in [2.75, 3.05) is 26.6 Å². The topological polar surface area (TPSA) is 74.6 Å². The lowest BCUT2D eigenvalue weighted by atomic mass is 10.1. The van der Waals surface area contributed by atoms with Crippen molar-refractivity contribution >= 4 is 11.6 Å². The van der Waals surface area contributed by atoms with Gasteiger partial charge in [0.1, 0.15) is 17.2 Å². The van der Waals surface area contributed by atoms with Crippen LogP contribution in [0.5, 0.6) is 17.2 Å². The van der Waals surface area contributed by atoms with Crippen molar-refractivity contribution in [1.82, 2.24) is 9.78 Å². The molecule has 0 radical (unpaired) electrons. The largest absolute Gasteiger partial charge is 0.497 e. The van der Waals surface area contributed by atoms with Gasteiger partial charge < -0.3 is 19.5 Å². The maximum atomic E-state index is 12.7. The Morgan fingerprint density at radius 3 is 2.22 bits per heavy atom. The molecule has 1 amide bonds. The van der Waals surface area contributed by atoms with Crippen molar-refractivity contribution in [3.8, 4) is 28.5 Å². The summed E-state index contributed by atoms with van der Waals surface area (Å²) in [6, 6.07) is 14.5. The van der Waals surface area contributed by atoms with Crippen LogP contribution in [0.3, 0.4) is 0 Å². The third-order valence-corrected chi connectivity index (χ3v) is 4.15. The summed E-state index contributed by atoms with van der Waals surface area (Å²) in [7, 11) is 6.52. The number of carbonyl (C=O) groups excluding carboxylic acids is 1. The van der Waals surface area contributed by atoms with Crippen molar-refractivity contribution in [2.45, 2.75) is 0 Å². The van der Waals surface area contributed by atoms with Crippen LogP contribution in [-0.2, 0) is 7.05 Å². The molecule has 7 nitrogen and oxygen atoms in total. The third kappa shape index (κ3) is 3.87. The van der Waals surface area contributed by atoms with E-state index < -0.39 is 0 Å². The van der Waals surface area contributed by atoms with E-state index in [9.17, 15) is 4.79 Å². The molecule has 3 aromatic rings. The number of hydrogen-bond donors (Lipinski definition) is 1. The molecule has 0 saturated carbocycles. The van der Waals surface area contributed by atoms with E-state index in [2.05, 4.69) is 10.4 Å². The van der Waals surface area contributed by atoms with Crippen LogP contribution >= 0.6 is 0 Å². The second-order valence-corrected chi connectivity index (χ2v) is 5.79. The summed E-state index contributed by atoms with van der Waals surface area (Å²) in [6.07, 6.45) is 0. The molecule has 0 saturated heterocycles. The van der Waals surface area contributed by atoms with Gasteiger partial charge in [-0.15, -0.1) is 0 Å². The average Bonchev–Trinajstić information content (AvgIpc) is 3.09. The minimum Gasteiger partial charge on any atom is -0.497 e. The van der Waals surface area contributed by atoms with Crippen LogP contribution in [0.25, 0.3) is 11.3 Å². The van der Waals surface area contributed by atoms with E-state index in [4.69, 9.17) is 14.2 Å². The predicted octanol–water partition coefficient (Wildman–Crippen LogP) is 3.37. The first-order valence-corrected chi connectivity index (χ1v) is 8.27. The Morgan fingerprint density at radius 1 is 0.926 bits per heavy atom. The van der Waals surface area contributed by atoms with Gasteiger partial charge in [-0.3, -0.25) is 9.48 Å². The molecule has 27 heavy (non-hydrogen) atoms. The Hall–Kier alpha value is -3.48. The zero-order valence-corrected chi connectivity index (χ0v) is 15.6. The molecule has 0 aliphatic heterocycles. The van der Waals surface area contributed by atoms with Gasteiger partial charge in [0.2, 0.25) is 0 Å². The maximum absolute atomic E-state index is 12.7. The second kappa shape index (κ2) is 7.82. The lowest BCUT2D eigenvalue weighted by molar-refractivity contribution is 0.102. The number of rotatable bonds is 6. The molecule has 0 spiro atoms. The molecule has 2 aromatic carbocycles. The monoisotopic (exact) mass is 367 g/mol. The molecule has 0 fully saturated rings. The third-order valence-electron chi connectivity index (χ3n) is 4.15. The normalized spacial score (nSPS) is 10.4. The highest BCUT2D eigenvalue weighted by atomic mass is 16.5. The molecule has 7 heteroatoms.